The molecular formula is C23H18ClIN2O4S. The Bertz CT molecular complexity index is 1270. The highest BCUT2D eigenvalue weighted by molar-refractivity contribution is 14.1. The van der Waals surface area contributed by atoms with Crippen molar-refractivity contribution in [2.24, 2.45) is 0 Å². The van der Waals surface area contributed by atoms with Gasteiger partial charge in [0, 0.05) is 15.1 Å². The highest BCUT2D eigenvalue weighted by atomic mass is 127. The summed E-state index contributed by atoms with van der Waals surface area (Å²) in [6, 6.07) is 20.4. The number of carbonyl (C=O) groups excluding carboxylic acids is 2. The standard InChI is InChI=1S/C23H18ClIN2O4S/c24-20-9-5-4-6-16(20)15-26(32(30,31)19-7-2-1-3-8-19)21-14-22(28)27(23(21)29)18-12-10-17(25)11-13-18/h1-13,21H,14-15H2. The lowest BCUT2D eigenvalue weighted by Crippen LogP contribution is -2.45. The molecule has 1 heterocycles. The number of hydrogen-bond acceptors (Lipinski definition) is 4. The summed E-state index contributed by atoms with van der Waals surface area (Å²) >= 11 is 8.42. The molecule has 0 aromatic heterocycles. The number of hydrogen-bond donors (Lipinski definition) is 0. The van der Waals surface area contributed by atoms with E-state index in [2.05, 4.69) is 22.6 Å². The van der Waals surface area contributed by atoms with E-state index < -0.39 is 27.9 Å². The van der Waals surface area contributed by atoms with Crippen molar-refractivity contribution >= 4 is 61.7 Å². The van der Waals surface area contributed by atoms with Gasteiger partial charge in [-0.2, -0.15) is 4.31 Å². The first kappa shape index (κ1) is 22.9. The Labute approximate surface area is 205 Å². The largest absolute Gasteiger partial charge is 0.274 e. The average molecular weight is 581 g/mol. The predicted octanol–water partition coefficient (Wildman–Crippen LogP) is 4.47. The fraction of sp³-hybridized carbons (Fsp3) is 0.130. The maximum Gasteiger partial charge on any atom is 0.252 e. The minimum Gasteiger partial charge on any atom is -0.274 e. The Kier molecular flexibility index (Phi) is 6.66. The summed E-state index contributed by atoms with van der Waals surface area (Å²) in [5.41, 5.74) is 0.958. The highest BCUT2D eigenvalue weighted by Crippen LogP contribution is 2.32. The fourth-order valence-electron chi connectivity index (χ4n) is 3.59. The average Bonchev–Trinajstić information content (AvgIpc) is 3.08. The van der Waals surface area contributed by atoms with Crippen LogP contribution >= 0.6 is 34.2 Å². The van der Waals surface area contributed by atoms with Gasteiger partial charge in [-0.15, -0.1) is 0 Å². The number of anilines is 1. The fourth-order valence-corrected chi connectivity index (χ4v) is 5.72. The lowest BCUT2D eigenvalue weighted by Gasteiger charge is -2.27. The summed E-state index contributed by atoms with van der Waals surface area (Å²) in [5.74, 6) is -1.03. The predicted molar refractivity (Wildman–Crippen MR) is 131 cm³/mol. The zero-order valence-corrected chi connectivity index (χ0v) is 20.4. The van der Waals surface area contributed by atoms with Crippen molar-refractivity contribution in [2.45, 2.75) is 23.9 Å². The number of carbonyl (C=O) groups is 2. The quantitative estimate of drug-likeness (QED) is 0.319. The molecule has 1 aliphatic heterocycles. The number of rotatable bonds is 6. The molecule has 0 radical (unpaired) electrons. The maximum atomic E-state index is 13.6. The lowest BCUT2D eigenvalue weighted by atomic mass is 10.2. The van der Waals surface area contributed by atoms with E-state index in [1.54, 1.807) is 66.7 Å². The van der Waals surface area contributed by atoms with Crippen LogP contribution in [0.2, 0.25) is 5.02 Å². The molecule has 0 saturated carbocycles. The smallest absolute Gasteiger partial charge is 0.252 e. The van der Waals surface area contributed by atoms with Crippen LogP contribution in [0.25, 0.3) is 0 Å². The van der Waals surface area contributed by atoms with Crippen LogP contribution in [0.5, 0.6) is 0 Å². The van der Waals surface area contributed by atoms with Gasteiger partial charge in [0.15, 0.2) is 0 Å². The summed E-state index contributed by atoms with van der Waals surface area (Å²) in [7, 11) is -4.09. The van der Waals surface area contributed by atoms with Gasteiger partial charge < -0.3 is 0 Å². The van der Waals surface area contributed by atoms with Crippen LogP contribution in [0.1, 0.15) is 12.0 Å². The molecule has 3 aromatic rings. The molecule has 0 bridgehead atoms. The Morgan fingerprint density at radius 2 is 1.56 bits per heavy atom. The summed E-state index contributed by atoms with van der Waals surface area (Å²) in [6.07, 6.45) is -0.249. The molecule has 2 amide bonds. The molecule has 0 N–H and O–H groups in total. The summed E-state index contributed by atoms with van der Waals surface area (Å²) in [5, 5.41) is 0.382. The normalized spacial score (nSPS) is 16.7. The van der Waals surface area contributed by atoms with Crippen molar-refractivity contribution in [1.29, 1.82) is 0 Å². The monoisotopic (exact) mass is 580 g/mol. The number of imide groups is 1. The molecule has 0 aliphatic carbocycles. The Morgan fingerprint density at radius 3 is 2.22 bits per heavy atom. The lowest BCUT2D eigenvalue weighted by molar-refractivity contribution is -0.122. The maximum absolute atomic E-state index is 13.6. The van der Waals surface area contributed by atoms with E-state index in [0.29, 0.717) is 16.3 Å². The van der Waals surface area contributed by atoms with E-state index in [0.717, 1.165) is 12.8 Å². The highest BCUT2D eigenvalue weighted by Gasteiger charge is 2.47. The first-order valence-electron chi connectivity index (χ1n) is 9.71. The second-order valence-corrected chi connectivity index (χ2v) is 10.8. The van der Waals surface area contributed by atoms with Crippen LogP contribution < -0.4 is 4.90 Å². The second-order valence-electron chi connectivity index (χ2n) is 7.22. The molecule has 1 atom stereocenters. The van der Waals surface area contributed by atoms with Crippen molar-refractivity contribution < 1.29 is 18.0 Å². The summed E-state index contributed by atoms with van der Waals surface area (Å²) in [6.45, 7) is -0.138. The molecule has 3 aromatic carbocycles. The summed E-state index contributed by atoms with van der Waals surface area (Å²) < 4.78 is 29.2. The van der Waals surface area contributed by atoms with Gasteiger partial charge in [0.05, 0.1) is 17.0 Å². The molecule has 1 aliphatic rings. The van der Waals surface area contributed by atoms with Gasteiger partial charge in [0.25, 0.3) is 5.91 Å². The van der Waals surface area contributed by atoms with Crippen molar-refractivity contribution in [3.8, 4) is 0 Å². The minimum absolute atomic E-state index is 0.0417. The van der Waals surface area contributed by atoms with E-state index in [1.165, 1.54) is 12.1 Å². The number of nitrogens with zero attached hydrogens (tertiary/aromatic N) is 2. The van der Waals surface area contributed by atoms with Gasteiger partial charge in [-0.3, -0.25) is 9.59 Å². The van der Waals surface area contributed by atoms with Crippen LogP contribution in [-0.2, 0) is 26.2 Å². The molecular weight excluding hydrogens is 563 g/mol. The third kappa shape index (κ3) is 4.45. The van der Waals surface area contributed by atoms with E-state index >= 15 is 0 Å². The first-order valence-corrected chi connectivity index (χ1v) is 12.6. The first-order chi connectivity index (χ1) is 15.3. The van der Waals surface area contributed by atoms with Crippen molar-refractivity contribution in [3.05, 3.63) is 93.0 Å². The van der Waals surface area contributed by atoms with Crippen LogP contribution in [0.15, 0.2) is 83.8 Å². The number of amides is 2. The van der Waals surface area contributed by atoms with Gasteiger partial charge in [-0.25, -0.2) is 13.3 Å². The zero-order valence-electron chi connectivity index (χ0n) is 16.7. The molecule has 32 heavy (non-hydrogen) atoms. The van der Waals surface area contributed by atoms with E-state index in [1.807, 2.05) is 0 Å². The SMILES string of the molecule is O=C1CC(N(Cc2ccccc2Cl)S(=O)(=O)c2ccccc2)C(=O)N1c1ccc(I)cc1. The van der Waals surface area contributed by atoms with Crippen molar-refractivity contribution in [3.63, 3.8) is 0 Å². The second kappa shape index (κ2) is 9.30. The molecule has 6 nitrogen and oxygen atoms in total. The van der Waals surface area contributed by atoms with Gasteiger partial charge in [-0.05, 0) is 70.6 Å². The third-order valence-electron chi connectivity index (χ3n) is 5.19. The van der Waals surface area contributed by atoms with Crippen molar-refractivity contribution in [2.75, 3.05) is 4.90 Å². The van der Waals surface area contributed by atoms with Gasteiger partial charge in [0.1, 0.15) is 6.04 Å². The molecule has 1 fully saturated rings. The third-order valence-corrected chi connectivity index (χ3v) is 8.15. The summed E-state index contributed by atoms with van der Waals surface area (Å²) in [4.78, 5) is 27.3. The van der Waals surface area contributed by atoms with Crippen LogP contribution in [0.4, 0.5) is 5.69 Å². The topological polar surface area (TPSA) is 74.8 Å². The molecule has 164 valence electrons. The zero-order chi connectivity index (χ0) is 22.9. The van der Waals surface area contributed by atoms with E-state index in [9.17, 15) is 18.0 Å². The van der Waals surface area contributed by atoms with Crippen LogP contribution in [-0.4, -0.2) is 30.6 Å². The molecule has 0 spiro atoms. The van der Waals surface area contributed by atoms with E-state index in [4.69, 9.17) is 11.6 Å². The number of halogens is 2. The Hall–Kier alpha value is -2.27. The number of sulfonamides is 1. The minimum atomic E-state index is -4.09. The molecule has 4 rings (SSSR count). The van der Waals surface area contributed by atoms with Gasteiger partial charge in [-0.1, -0.05) is 48.0 Å². The van der Waals surface area contributed by atoms with Crippen LogP contribution in [0.3, 0.4) is 0 Å². The van der Waals surface area contributed by atoms with Gasteiger partial charge in [0.2, 0.25) is 15.9 Å². The molecule has 1 saturated heterocycles. The van der Waals surface area contributed by atoms with E-state index in [-0.39, 0.29) is 17.9 Å². The van der Waals surface area contributed by atoms with Crippen LogP contribution in [0, 0.1) is 3.57 Å². The Morgan fingerprint density at radius 1 is 0.938 bits per heavy atom. The number of benzene rings is 3. The molecule has 1 unspecified atom stereocenters. The van der Waals surface area contributed by atoms with Crippen molar-refractivity contribution in [1.82, 2.24) is 4.31 Å². The molecule has 9 heteroatoms. The van der Waals surface area contributed by atoms with Gasteiger partial charge >= 0.3 is 0 Å². The Balaban J connectivity index is 1.76.